The molecule has 1 aromatic carbocycles. The number of aromatic nitrogens is 3. The van der Waals surface area contributed by atoms with Gasteiger partial charge in [0.05, 0.1) is 23.3 Å². The van der Waals surface area contributed by atoms with E-state index in [0.29, 0.717) is 6.54 Å². The number of nitrogens with one attached hydrogen (secondary N) is 1. The molecule has 1 N–H and O–H groups in total. The van der Waals surface area contributed by atoms with E-state index in [9.17, 15) is 4.79 Å². The maximum absolute atomic E-state index is 12.7. The quantitative estimate of drug-likeness (QED) is 0.798. The monoisotopic (exact) mass is 333 g/mol. The van der Waals surface area contributed by atoms with Gasteiger partial charge in [-0.1, -0.05) is 18.2 Å². The Labute approximate surface area is 145 Å². The van der Waals surface area contributed by atoms with Crippen LogP contribution < -0.4 is 10.2 Å². The third-order valence-corrected chi connectivity index (χ3v) is 4.53. The van der Waals surface area contributed by atoms with Crippen LogP contribution in [0.1, 0.15) is 12.8 Å². The van der Waals surface area contributed by atoms with Crippen molar-refractivity contribution in [3.8, 4) is 0 Å². The molecule has 1 amide bonds. The zero-order chi connectivity index (χ0) is 17.1. The first-order valence-corrected chi connectivity index (χ1v) is 8.48. The first-order chi connectivity index (χ1) is 12.3. The molecule has 3 aromatic rings. The summed E-state index contributed by atoms with van der Waals surface area (Å²) in [5.74, 6) is 0.792. The Hall–Kier alpha value is -3.02. The molecular formula is C19H19N5O. The molecular weight excluding hydrogens is 314 g/mol. The standard InChI is InChI=1S/C19H19N5O/c25-19(22-16-11-14-5-1-2-7-17(14)20-12-16)15-6-4-10-24(13-15)18-8-3-9-21-23-18/h1-3,5,7-9,11-12,15H,4,6,10,13H2,(H,22,25). The highest BCUT2D eigenvalue weighted by Crippen LogP contribution is 2.23. The van der Waals surface area contributed by atoms with Crippen LogP contribution in [0.5, 0.6) is 0 Å². The second-order valence-corrected chi connectivity index (χ2v) is 6.27. The first kappa shape index (κ1) is 15.5. The molecule has 0 radical (unpaired) electrons. The van der Waals surface area contributed by atoms with Crippen molar-refractivity contribution in [1.82, 2.24) is 15.2 Å². The average molecular weight is 333 g/mol. The maximum Gasteiger partial charge on any atom is 0.229 e. The summed E-state index contributed by atoms with van der Waals surface area (Å²) in [6, 6.07) is 13.6. The van der Waals surface area contributed by atoms with E-state index in [1.54, 1.807) is 12.4 Å². The Morgan fingerprint density at radius 1 is 1.20 bits per heavy atom. The van der Waals surface area contributed by atoms with Crippen LogP contribution in [0, 0.1) is 5.92 Å². The van der Waals surface area contributed by atoms with Crippen molar-refractivity contribution in [2.24, 2.45) is 5.92 Å². The fourth-order valence-electron chi connectivity index (χ4n) is 3.25. The lowest BCUT2D eigenvalue weighted by Gasteiger charge is -2.32. The third-order valence-electron chi connectivity index (χ3n) is 4.53. The van der Waals surface area contributed by atoms with Crippen molar-refractivity contribution in [2.45, 2.75) is 12.8 Å². The van der Waals surface area contributed by atoms with E-state index in [4.69, 9.17) is 0 Å². The van der Waals surface area contributed by atoms with Crippen LogP contribution in [0.25, 0.3) is 10.9 Å². The lowest BCUT2D eigenvalue weighted by molar-refractivity contribution is -0.120. The molecule has 25 heavy (non-hydrogen) atoms. The highest BCUT2D eigenvalue weighted by atomic mass is 16.1. The van der Waals surface area contributed by atoms with Crippen LogP contribution in [0.3, 0.4) is 0 Å². The highest BCUT2D eigenvalue weighted by molar-refractivity contribution is 5.94. The summed E-state index contributed by atoms with van der Waals surface area (Å²) in [5, 5.41) is 12.1. The Bertz CT molecular complexity index is 883. The Morgan fingerprint density at radius 3 is 3.00 bits per heavy atom. The molecule has 1 aliphatic rings. The third kappa shape index (κ3) is 3.42. The van der Waals surface area contributed by atoms with E-state index >= 15 is 0 Å². The number of hydrogen-bond donors (Lipinski definition) is 1. The number of fused-ring (bicyclic) bond motifs is 1. The molecule has 0 bridgehead atoms. The first-order valence-electron chi connectivity index (χ1n) is 8.48. The summed E-state index contributed by atoms with van der Waals surface area (Å²) in [4.78, 5) is 19.2. The maximum atomic E-state index is 12.7. The predicted molar refractivity (Wildman–Crippen MR) is 97.3 cm³/mol. The number of rotatable bonds is 3. The predicted octanol–water partition coefficient (Wildman–Crippen LogP) is 2.88. The lowest BCUT2D eigenvalue weighted by Crippen LogP contribution is -2.41. The molecule has 1 atom stereocenters. The summed E-state index contributed by atoms with van der Waals surface area (Å²) in [7, 11) is 0. The van der Waals surface area contributed by atoms with Gasteiger partial charge in [0.2, 0.25) is 5.91 Å². The van der Waals surface area contributed by atoms with Crippen LogP contribution in [0.4, 0.5) is 11.5 Å². The van der Waals surface area contributed by atoms with Crippen molar-refractivity contribution >= 4 is 28.3 Å². The smallest absolute Gasteiger partial charge is 0.229 e. The van der Waals surface area contributed by atoms with Gasteiger partial charge in [-0.15, -0.1) is 5.10 Å². The van der Waals surface area contributed by atoms with Gasteiger partial charge in [0.25, 0.3) is 0 Å². The normalized spacial score (nSPS) is 17.4. The van der Waals surface area contributed by atoms with Crippen molar-refractivity contribution < 1.29 is 4.79 Å². The van der Waals surface area contributed by atoms with Crippen LogP contribution >= 0.6 is 0 Å². The van der Waals surface area contributed by atoms with Gasteiger partial charge in [0.15, 0.2) is 5.82 Å². The van der Waals surface area contributed by atoms with Gasteiger partial charge in [-0.3, -0.25) is 9.78 Å². The van der Waals surface area contributed by atoms with Gasteiger partial charge in [-0.05, 0) is 37.1 Å². The zero-order valence-electron chi connectivity index (χ0n) is 13.8. The number of hydrogen-bond acceptors (Lipinski definition) is 5. The van der Waals surface area contributed by atoms with Gasteiger partial charge >= 0.3 is 0 Å². The second kappa shape index (κ2) is 6.84. The molecule has 126 valence electrons. The molecule has 4 rings (SSSR count). The Balaban J connectivity index is 1.46. The zero-order valence-corrected chi connectivity index (χ0v) is 13.8. The molecule has 2 aromatic heterocycles. The number of benzene rings is 1. The molecule has 1 saturated heterocycles. The van der Waals surface area contributed by atoms with Crippen molar-refractivity contribution in [3.63, 3.8) is 0 Å². The van der Waals surface area contributed by atoms with E-state index in [0.717, 1.165) is 41.8 Å². The topological polar surface area (TPSA) is 71.0 Å². The number of amides is 1. The molecule has 0 aliphatic carbocycles. The number of carbonyl (C=O) groups excluding carboxylic acids is 1. The second-order valence-electron chi connectivity index (χ2n) is 6.27. The van der Waals surface area contributed by atoms with E-state index in [-0.39, 0.29) is 11.8 Å². The minimum Gasteiger partial charge on any atom is -0.354 e. The van der Waals surface area contributed by atoms with E-state index in [1.807, 2.05) is 42.5 Å². The van der Waals surface area contributed by atoms with Crippen LogP contribution in [0.15, 0.2) is 54.9 Å². The molecule has 0 saturated carbocycles. The molecule has 3 heterocycles. The van der Waals surface area contributed by atoms with Crippen molar-refractivity contribution in [3.05, 3.63) is 54.9 Å². The van der Waals surface area contributed by atoms with Crippen LogP contribution in [-0.4, -0.2) is 34.2 Å². The van der Waals surface area contributed by atoms with Gasteiger partial charge in [-0.25, -0.2) is 0 Å². The lowest BCUT2D eigenvalue weighted by atomic mass is 9.97. The fraction of sp³-hybridized carbons (Fsp3) is 0.263. The summed E-state index contributed by atoms with van der Waals surface area (Å²) in [6.45, 7) is 1.56. The van der Waals surface area contributed by atoms with Gasteiger partial charge in [-0.2, -0.15) is 5.10 Å². The fourth-order valence-corrected chi connectivity index (χ4v) is 3.25. The van der Waals surface area contributed by atoms with Crippen molar-refractivity contribution in [1.29, 1.82) is 0 Å². The van der Waals surface area contributed by atoms with E-state index < -0.39 is 0 Å². The number of para-hydroxylation sites is 1. The molecule has 1 unspecified atom stereocenters. The Kier molecular flexibility index (Phi) is 4.24. The largest absolute Gasteiger partial charge is 0.354 e. The summed E-state index contributed by atoms with van der Waals surface area (Å²) >= 11 is 0. The summed E-state index contributed by atoms with van der Waals surface area (Å²) in [5.41, 5.74) is 1.66. The minimum absolute atomic E-state index is 0.0330. The van der Waals surface area contributed by atoms with Gasteiger partial charge in [0.1, 0.15) is 0 Å². The van der Waals surface area contributed by atoms with Gasteiger partial charge in [0, 0.05) is 24.7 Å². The number of anilines is 2. The number of pyridine rings is 1. The SMILES string of the molecule is O=C(Nc1cnc2ccccc2c1)C1CCCN(c2cccnn2)C1. The number of nitrogens with zero attached hydrogens (tertiary/aromatic N) is 4. The minimum atomic E-state index is -0.0674. The molecule has 1 aliphatic heterocycles. The summed E-state index contributed by atoms with van der Waals surface area (Å²) in [6.07, 6.45) is 5.21. The number of piperidine rings is 1. The number of carbonyl (C=O) groups is 1. The van der Waals surface area contributed by atoms with Crippen LogP contribution in [-0.2, 0) is 4.79 Å². The van der Waals surface area contributed by atoms with Crippen LogP contribution in [0.2, 0.25) is 0 Å². The molecule has 6 nitrogen and oxygen atoms in total. The molecule has 6 heteroatoms. The summed E-state index contributed by atoms with van der Waals surface area (Å²) < 4.78 is 0. The Morgan fingerprint density at radius 2 is 2.12 bits per heavy atom. The highest BCUT2D eigenvalue weighted by Gasteiger charge is 2.26. The van der Waals surface area contributed by atoms with E-state index in [2.05, 4.69) is 25.4 Å². The molecule has 1 fully saturated rings. The van der Waals surface area contributed by atoms with Crippen molar-refractivity contribution in [2.75, 3.05) is 23.3 Å². The van der Waals surface area contributed by atoms with E-state index in [1.165, 1.54) is 0 Å². The molecule has 0 spiro atoms. The average Bonchev–Trinajstić information content (AvgIpc) is 2.69. The van der Waals surface area contributed by atoms with Gasteiger partial charge < -0.3 is 10.2 Å².